The molecule has 3 rings (SSSR count). The highest BCUT2D eigenvalue weighted by Crippen LogP contribution is 2.62. The zero-order chi connectivity index (χ0) is 14.8. The number of hydrogen-bond donors (Lipinski definition) is 0. The van der Waals surface area contributed by atoms with Gasteiger partial charge in [0.2, 0.25) is 0 Å². The number of ketones is 1. The number of allylic oxidation sites excluding steroid dienone is 2. The Hall–Kier alpha value is -0.590. The second kappa shape index (κ2) is 4.21. The Kier molecular flexibility index (Phi) is 3.02. The van der Waals surface area contributed by atoms with Crippen LogP contribution in [0, 0.1) is 28.1 Å². The molecule has 0 amide bonds. The molecule has 2 fully saturated rings. The fourth-order valence-corrected chi connectivity index (χ4v) is 5.60. The third-order valence-electron chi connectivity index (χ3n) is 6.93. The lowest BCUT2D eigenvalue weighted by molar-refractivity contribution is -0.143. The third kappa shape index (κ3) is 1.92. The summed E-state index contributed by atoms with van der Waals surface area (Å²) in [4.78, 5) is 12.4. The molecule has 1 nitrogen and oxygen atoms in total. The maximum atomic E-state index is 12.4. The van der Waals surface area contributed by atoms with Crippen molar-refractivity contribution in [3.8, 4) is 0 Å². The number of hydrogen-bond acceptors (Lipinski definition) is 1. The summed E-state index contributed by atoms with van der Waals surface area (Å²) < 4.78 is 0. The van der Waals surface area contributed by atoms with Crippen LogP contribution in [0.1, 0.15) is 73.1 Å². The van der Waals surface area contributed by atoms with Gasteiger partial charge >= 0.3 is 0 Å². The summed E-state index contributed by atoms with van der Waals surface area (Å²) in [5.74, 6) is 1.78. The van der Waals surface area contributed by atoms with E-state index in [1.165, 1.54) is 19.3 Å². The van der Waals surface area contributed by atoms with E-state index >= 15 is 0 Å². The van der Waals surface area contributed by atoms with E-state index in [9.17, 15) is 4.79 Å². The lowest BCUT2D eigenvalue weighted by Crippen LogP contribution is -2.53. The highest BCUT2D eigenvalue weighted by molar-refractivity contribution is 5.85. The van der Waals surface area contributed by atoms with Gasteiger partial charge in [-0.2, -0.15) is 0 Å². The summed E-state index contributed by atoms with van der Waals surface area (Å²) in [5.41, 5.74) is 2.43. The first kappa shape index (κ1) is 14.4. The summed E-state index contributed by atoms with van der Waals surface area (Å²) in [7, 11) is 0. The molecule has 0 saturated heterocycles. The minimum atomic E-state index is -0.123. The van der Waals surface area contributed by atoms with Crippen molar-refractivity contribution in [1.82, 2.24) is 0 Å². The fraction of sp³-hybridized carbons (Fsp3) is 0.842. The molecule has 0 bridgehead atoms. The Balaban J connectivity index is 1.98. The second-order valence-electron chi connectivity index (χ2n) is 9.15. The van der Waals surface area contributed by atoms with E-state index in [4.69, 9.17) is 0 Å². The van der Waals surface area contributed by atoms with Crippen molar-refractivity contribution >= 4 is 5.78 Å². The molecular formula is C19H30O. The van der Waals surface area contributed by atoms with Crippen molar-refractivity contribution in [3.05, 3.63) is 11.6 Å². The summed E-state index contributed by atoms with van der Waals surface area (Å²) in [6.07, 6.45) is 9.49. The SMILES string of the molecule is CC1(C)CCC2C(=CCC3C(C)(C)C(=O)CCC23C)C1. The quantitative estimate of drug-likeness (QED) is 0.558. The normalized spacial score (nSPS) is 42.5. The molecule has 0 aromatic carbocycles. The number of fused-ring (bicyclic) bond motifs is 3. The van der Waals surface area contributed by atoms with Gasteiger partial charge in [-0.15, -0.1) is 0 Å². The Morgan fingerprint density at radius 2 is 1.80 bits per heavy atom. The number of Topliss-reactive ketones (excluding diaryl/α,β-unsaturated/α-hetero) is 1. The number of carbonyl (C=O) groups excluding carboxylic acids is 1. The van der Waals surface area contributed by atoms with Crippen LogP contribution in [-0.4, -0.2) is 5.78 Å². The van der Waals surface area contributed by atoms with Gasteiger partial charge in [0.1, 0.15) is 5.78 Å². The van der Waals surface area contributed by atoms with Crippen LogP contribution in [0.25, 0.3) is 0 Å². The van der Waals surface area contributed by atoms with Crippen molar-refractivity contribution in [2.45, 2.75) is 73.1 Å². The Labute approximate surface area is 124 Å². The van der Waals surface area contributed by atoms with Crippen LogP contribution < -0.4 is 0 Å². The monoisotopic (exact) mass is 274 g/mol. The highest BCUT2D eigenvalue weighted by atomic mass is 16.1. The van der Waals surface area contributed by atoms with Crippen LogP contribution >= 0.6 is 0 Å². The van der Waals surface area contributed by atoms with Crippen LogP contribution in [0.2, 0.25) is 0 Å². The molecule has 0 radical (unpaired) electrons. The fourth-order valence-electron chi connectivity index (χ4n) is 5.60. The lowest BCUT2D eigenvalue weighted by atomic mass is 9.46. The lowest BCUT2D eigenvalue weighted by Gasteiger charge is -2.58. The standard InChI is InChI=1S/C19H30O/c1-17(2)10-8-14-13(12-17)6-7-15-18(3,4)16(20)9-11-19(14,15)5/h6,14-15H,7-12H2,1-5H3. The van der Waals surface area contributed by atoms with Crippen LogP contribution in [0.3, 0.4) is 0 Å². The second-order valence-corrected chi connectivity index (χ2v) is 9.15. The average Bonchev–Trinajstić information content (AvgIpc) is 2.33. The Morgan fingerprint density at radius 1 is 1.10 bits per heavy atom. The Morgan fingerprint density at radius 3 is 2.50 bits per heavy atom. The molecule has 0 heterocycles. The molecule has 20 heavy (non-hydrogen) atoms. The minimum Gasteiger partial charge on any atom is -0.299 e. The largest absolute Gasteiger partial charge is 0.299 e. The number of carbonyl (C=O) groups is 1. The molecular weight excluding hydrogens is 244 g/mol. The molecule has 2 saturated carbocycles. The molecule has 3 aliphatic rings. The van der Waals surface area contributed by atoms with E-state index in [2.05, 4.69) is 40.7 Å². The van der Waals surface area contributed by atoms with Gasteiger partial charge in [0.05, 0.1) is 0 Å². The first-order chi connectivity index (χ1) is 9.17. The Bertz CT molecular complexity index is 468. The van der Waals surface area contributed by atoms with Crippen molar-refractivity contribution in [1.29, 1.82) is 0 Å². The van der Waals surface area contributed by atoms with Crippen molar-refractivity contribution in [2.75, 3.05) is 0 Å². The molecule has 3 unspecified atom stereocenters. The van der Waals surface area contributed by atoms with Gasteiger partial charge in [0.25, 0.3) is 0 Å². The predicted octanol–water partition coefficient (Wildman–Crippen LogP) is 5.15. The van der Waals surface area contributed by atoms with Gasteiger partial charge in [-0.3, -0.25) is 4.79 Å². The van der Waals surface area contributed by atoms with Crippen LogP contribution in [0.5, 0.6) is 0 Å². The van der Waals surface area contributed by atoms with Gasteiger partial charge in [-0.05, 0) is 54.8 Å². The minimum absolute atomic E-state index is 0.123. The van der Waals surface area contributed by atoms with Gasteiger partial charge in [-0.25, -0.2) is 0 Å². The van der Waals surface area contributed by atoms with E-state index in [1.54, 1.807) is 5.57 Å². The molecule has 0 spiro atoms. The van der Waals surface area contributed by atoms with Gasteiger partial charge in [0, 0.05) is 11.8 Å². The van der Waals surface area contributed by atoms with Gasteiger partial charge in [0.15, 0.2) is 0 Å². The maximum absolute atomic E-state index is 12.4. The molecule has 0 aliphatic heterocycles. The van der Waals surface area contributed by atoms with Crippen molar-refractivity contribution in [2.24, 2.45) is 28.1 Å². The molecule has 112 valence electrons. The molecule has 0 aromatic heterocycles. The van der Waals surface area contributed by atoms with Gasteiger partial charge in [-0.1, -0.05) is 46.3 Å². The molecule has 0 N–H and O–H groups in total. The molecule has 0 aromatic rings. The first-order valence-electron chi connectivity index (χ1n) is 8.39. The summed E-state index contributed by atoms with van der Waals surface area (Å²) in [6, 6.07) is 0. The van der Waals surface area contributed by atoms with E-state index < -0.39 is 0 Å². The zero-order valence-corrected chi connectivity index (χ0v) is 13.9. The van der Waals surface area contributed by atoms with E-state index in [0.29, 0.717) is 22.5 Å². The highest BCUT2D eigenvalue weighted by Gasteiger charge is 2.56. The van der Waals surface area contributed by atoms with Crippen LogP contribution in [-0.2, 0) is 4.79 Å². The summed E-state index contributed by atoms with van der Waals surface area (Å²) in [6.45, 7) is 11.7. The zero-order valence-electron chi connectivity index (χ0n) is 13.9. The predicted molar refractivity (Wildman–Crippen MR) is 83.4 cm³/mol. The van der Waals surface area contributed by atoms with E-state index in [1.807, 2.05) is 0 Å². The number of rotatable bonds is 0. The molecule has 1 heteroatoms. The van der Waals surface area contributed by atoms with Crippen molar-refractivity contribution < 1.29 is 4.79 Å². The summed E-state index contributed by atoms with van der Waals surface area (Å²) >= 11 is 0. The summed E-state index contributed by atoms with van der Waals surface area (Å²) in [5, 5.41) is 0. The maximum Gasteiger partial charge on any atom is 0.138 e. The van der Waals surface area contributed by atoms with E-state index in [0.717, 1.165) is 25.2 Å². The van der Waals surface area contributed by atoms with E-state index in [-0.39, 0.29) is 5.41 Å². The first-order valence-corrected chi connectivity index (χ1v) is 8.39. The van der Waals surface area contributed by atoms with Crippen molar-refractivity contribution in [3.63, 3.8) is 0 Å². The van der Waals surface area contributed by atoms with Crippen LogP contribution in [0.4, 0.5) is 0 Å². The third-order valence-corrected chi connectivity index (χ3v) is 6.93. The van der Waals surface area contributed by atoms with Gasteiger partial charge < -0.3 is 0 Å². The molecule has 3 aliphatic carbocycles. The van der Waals surface area contributed by atoms with Crippen LogP contribution in [0.15, 0.2) is 11.6 Å². The molecule has 3 atom stereocenters. The average molecular weight is 274 g/mol. The smallest absolute Gasteiger partial charge is 0.138 e. The topological polar surface area (TPSA) is 17.1 Å².